The molecule has 4 saturated carbocycles. The molecule has 1 heterocycles. The van der Waals surface area contributed by atoms with Crippen LogP contribution >= 0.6 is 0 Å². The summed E-state index contributed by atoms with van der Waals surface area (Å²) in [5.41, 5.74) is -1.41. The highest BCUT2D eigenvalue weighted by Gasteiger charge is 2.66. The molecule has 0 aromatic heterocycles. The predicted molar refractivity (Wildman–Crippen MR) is 95.2 cm³/mol. The van der Waals surface area contributed by atoms with E-state index in [1.54, 1.807) is 0 Å². The van der Waals surface area contributed by atoms with E-state index in [-0.39, 0.29) is 11.3 Å². The third kappa shape index (κ3) is 2.61. The maximum atomic E-state index is 13.1. The Bertz CT molecular complexity index is 532. The first-order valence-corrected chi connectivity index (χ1v) is 10.2. The lowest BCUT2D eigenvalue weighted by Crippen LogP contribution is -2.62. The second kappa shape index (κ2) is 6.50. The molecule has 2 unspecified atom stereocenters. The monoisotopic (exact) mass is 364 g/mol. The minimum absolute atomic E-state index is 0.0822. The number of ether oxygens (including phenoxy) is 3. The number of hydrogen-bond acceptors (Lipinski definition) is 5. The SMILES string of the molecule is COC(=O)C1(C(=O)OC)CC(C)CCOC1C12CC3CC(CC(C3)C1)C2. The molecular weight excluding hydrogens is 332 g/mol. The van der Waals surface area contributed by atoms with Crippen molar-refractivity contribution >= 4 is 11.9 Å². The largest absolute Gasteiger partial charge is 0.468 e. The summed E-state index contributed by atoms with van der Waals surface area (Å²) in [7, 11) is 2.75. The van der Waals surface area contributed by atoms with Crippen molar-refractivity contribution in [2.24, 2.45) is 34.5 Å². The Morgan fingerprint density at radius 3 is 1.85 bits per heavy atom. The van der Waals surface area contributed by atoms with Crippen LogP contribution in [0.25, 0.3) is 0 Å². The quantitative estimate of drug-likeness (QED) is 0.568. The maximum Gasteiger partial charge on any atom is 0.325 e. The Morgan fingerprint density at radius 2 is 1.38 bits per heavy atom. The molecule has 5 fully saturated rings. The van der Waals surface area contributed by atoms with E-state index in [1.807, 2.05) is 0 Å². The smallest absolute Gasteiger partial charge is 0.325 e. The molecule has 146 valence electrons. The number of rotatable bonds is 3. The lowest BCUT2D eigenvalue weighted by Gasteiger charge is -2.61. The molecule has 0 N–H and O–H groups in total. The molecule has 5 aliphatic rings. The molecule has 1 saturated heterocycles. The van der Waals surface area contributed by atoms with Gasteiger partial charge in [-0.2, -0.15) is 0 Å². The number of methoxy groups -OCH3 is 2. The van der Waals surface area contributed by atoms with Crippen LogP contribution in [0.5, 0.6) is 0 Å². The molecule has 2 atom stereocenters. The molecule has 0 radical (unpaired) electrons. The van der Waals surface area contributed by atoms with Crippen LogP contribution < -0.4 is 0 Å². The van der Waals surface area contributed by atoms with Crippen LogP contribution in [-0.4, -0.2) is 38.9 Å². The normalized spacial score (nSPS) is 43.6. The summed E-state index contributed by atoms with van der Waals surface area (Å²) in [6.45, 7) is 2.69. The van der Waals surface area contributed by atoms with Crippen LogP contribution in [0.2, 0.25) is 0 Å². The van der Waals surface area contributed by atoms with Crippen LogP contribution in [0.15, 0.2) is 0 Å². The van der Waals surface area contributed by atoms with Crippen LogP contribution in [0.4, 0.5) is 0 Å². The highest BCUT2D eigenvalue weighted by atomic mass is 16.6. The van der Waals surface area contributed by atoms with Crippen molar-refractivity contribution in [1.82, 2.24) is 0 Å². The summed E-state index contributed by atoms with van der Waals surface area (Å²) < 4.78 is 16.8. The van der Waals surface area contributed by atoms with Gasteiger partial charge in [-0.3, -0.25) is 9.59 Å². The van der Waals surface area contributed by atoms with Crippen LogP contribution in [0.1, 0.15) is 58.3 Å². The summed E-state index contributed by atoms with van der Waals surface area (Å²) in [5.74, 6) is 1.43. The van der Waals surface area contributed by atoms with Crippen molar-refractivity contribution in [2.45, 2.75) is 64.4 Å². The molecule has 1 aliphatic heterocycles. The van der Waals surface area contributed by atoms with Crippen LogP contribution in [0.3, 0.4) is 0 Å². The Balaban J connectivity index is 1.80. The van der Waals surface area contributed by atoms with E-state index in [9.17, 15) is 9.59 Å². The van der Waals surface area contributed by atoms with Gasteiger partial charge < -0.3 is 14.2 Å². The molecule has 0 spiro atoms. The van der Waals surface area contributed by atoms with Gasteiger partial charge in [0, 0.05) is 6.61 Å². The van der Waals surface area contributed by atoms with Crippen molar-refractivity contribution in [3.63, 3.8) is 0 Å². The zero-order valence-electron chi connectivity index (χ0n) is 16.3. The Labute approximate surface area is 156 Å². The lowest BCUT2D eigenvalue weighted by molar-refractivity contribution is -0.210. The summed E-state index contributed by atoms with van der Waals surface area (Å²) >= 11 is 0. The molecule has 26 heavy (non-hydrogen) atoms. The van der Waals surface area contributed by atoms with E-state index in [4.69, 9.17) is 14.2 Å². The Morgan fingerprint density at radius 1 is 0.885 bits per heavy atom. The third-order valence-electron chi connectivity index (χ3n) is 7.75. The highest BCUT2D eigenvalue weighted by molar-refractivity contribution is 6.01. The zero-order valence-corrected chi connectivity index (χ0v) is 16.3. The van der Waals surface area contributed by atoms with Crippen molar-refractivity contribution in [3.8, 4) is 0 Å². The average molecular weight is 364 g/mol. The van der Waals surface area contributed by atoms with E-state index in [2.05, 4.69) is 6.92 Å². The van der Waals surface area contributed by atoms with Gasteiger partial charge in [-0.05, 0) is 80.5 Å². The summed E-state index contributed by atoms with van der Waals surface area (Å²) in [4.78, 5) is 26.2. The molecule has 0 aromatic carbocycles. The second-order valence-corrected chi connectivity index (χ2v) is 9.58. The molecule has 4 aliphatic carbocycles. The first kappa shape index (κ1) is 18.3. The van der Waals surface area contributed by atoms with Crippen molar-refractivity contribution in [2.75, 3.05) is 20.8 Å². The third-order valence-corrected chi connectivity index (χ3v) is 7.75. The van der Waals surface area contributed by atoms with Crippen molar-refractivity contribution in [1.29, 1.82) is 0 Å². The van der Waals surface area contributed by atoms with Crippen molar-refractivity contribution in [3.05, 3.63) is 0 Å². The van der Waals surface area contributed by atoms with Gasteiger partial charge in [-0.1, -0.05) is 6.92 Å². The minimum Gasteiger partial charge on any atom is -0.468 e. The number of carbonyl (C=O) groups is 2. The van der Waals surface area contributed by atoms with Crippen LogP contribution in [-0.2, 0) is 23.8 Å². The number of hydrogen-bond donors (Lipinski definition) is 0. The van der Waals surface area contributed by atoms with Gasteiger partial charge in [0.2, 0.25) is 0 Å². The van der Waals surface area contributed by atoms with Gasteiger partial charge >= 0.3 is 11.9 Å². The maximum absolute atomic E-state index is 13.1. The number of carbonyl (C=O) groups excluding carboxylic acids is 2. The molecular formula is C21H32O5. The molecule has 5 nitrogen and oxygen atoms in total. The highest BCUT2D eigenvalue weighted by Crippen LogP contribution is 2.64. The second-order valence-electron chi connectivity index (χ2n) is 9.58. The van der Waals surface area contributed by atoms with Gasteiger partial charge in [0.15, 0.2) is 5.41 Å². The first-order valence-electron chi connectivity index (χ1n) is 10.2. The van der Waals surface area contributed by atoms with E-state index in [0.717, 1.165) is 43.4 Å². The standard InChI is InChI=1S/C21H32O5/c1-13-4-5-26-17(21(9-13,18(22)24-2)19(23)25-3)20-10-14-6-15(11-20)8-16(7-14)12-20/h13-17H,4-12H2,1-3H3. The fourth-order valence-corrected chi connectivity index (χ4v) is 7.31. The topological polar surface area (TPSA) is 61.8 Å². The minimum atomic E-state index is -1.33. The average Bonchev–Trinajstić information content (AvgIpc) is 2.79. The summed E-state index contributed by atoms with van der Waals surface area (Å²) in [5, 5.41) is 0. The molecule has 0 amide bonds. The molecule has 5 heteroatoms. The van der Waals surface area contributed by atoms with Crippen LogP contribution in [0, 0.1) is 34.5 Å². The molecule has 0 aromatic rings. The van der Waals surface area contributed by atoms with Gasteiger partial charge in [-0.25, -0.2) is 0 Å². The molecule has 4 bridgehead atoms. The van der Waals surface area contributed by atoms with Crippen molar-refractivity contribution < 1.29 is 23.8 Å². The fourth-order valence-electron chi connectivity index (χ4n) is 7.31. The zero-order chi connectivity index (χ0) is 18.5. The fraction of sp³-hybridized carbons (Fsp3) is 0.905. The predicted octanol–water partition coefficient (Wildman–Crippen LogP) is 3.35. The lowest BCUT2D eigenvalue weighted by atomic mass is 9.45. The van der Waals surface area contributed by atoms with E-state index >= 15 is 0 Å². The Kier molecular flexibility index (Phi) is 4.57. The summed E-state index contributed by atoms with van der Waals surface area (Å²) in [6.07, 6.45) is 8.06. The van der Waals surface area contributed by atoms with E-state index in [0.29, 0.717) is 13.0 Å². The van der Waals surface area contributed by atoms with E-state index < -0.39 is 23.5 Å². The van der Waals surface area contributed by atoms with E-state index in [1.165, 1.54) is 33.5 Å². The van der Waals surface area contributed by atoms with Gasteiger partial charge in [0.05, 0.1) is 20.3 Å². The molecule has 5 rings (SSSR count). The van der Waals surface area contributed by atoms with Gasteiger partial charge in [-0.15, -0.1) is 0 Å². The summed E-state index contributed by atoms with van der Waals surface area (Å²) in [6, 6.07) is 0. The Hall–Kier alpha value is -1.10. The number of esters is 2. The van der Waals surface area contributed by atoms with Gasteiger partial charge in [0.25, 0.3) is 0 Å². The first-order chi connectivity index (χ1) is 12.4. The van der Waals surface area contributed by atoms with Gasteiger partial charge in [0.1, 0.15) is 0 Å².